The van der Waals surface area contributed by atoms with Crippen LogP contribution in [-0.2, 0) is 0 Å². The molecular weight excluding hydrogens is 246 g/mol. The van der Waals surface area contributed by atoms with Crippen LogP contribution in [0.2, 0.25) is 0 Å². The van der Waals surface area contributed by atoms with Crippen molar-refractivity contribution in [1.82, 2.24) is 0 Å². The third-order valence-electron chi connectivity index (χ3n) is 2.53. The predicted molar refractivity (Wildman–Crippen MR) is 61.0 cm³/mol. The quantitative estimate of drug-likeness (QED) is 0.882. The topological polar surface area (TPSA) is 26.0 Å². The molecule has 0 radical (unpaired) electrons. The summed E-state index contributed by atoms with van der Waals surface area (Å²) in [4.78, 5) is 1.33. The van der Waals surface area contributed by atoms with Crippen LogP contribution < -0.4 is 5.73 Å². The van der Waals surface area contributed by atoms with Crippen LogP contribution in [0.25, 0.3) is 0 Å². The maximum atomic E-state index is 6.11. The fourth-order valence-electron chi connectivity index (χ4n) is 1.50. The van der Waals surface area contributed by atoms with E-state index in [0.717, 1.165) is 5.92 Å². The summed E-state index contributed by atoms with van der Waals surface area (Å²) < 4.78 is 1.23. The third-order valence-corrected chi connectivity index (χ3v) is 4.79. The first-order chi connectivity index (χ1) is 6.16. The van der Waals surface area contributed by atoms with Crippen molar-refractivity contribution in [2.45, 2.75) is 32.2 Å². The van der Waals surface area contributed by atoms with E-state index >= 15 is 0 Å². The Morgan fingerprint density at radius 2 is 2.38 bits per heavy atom. The molecule has 0 amide bonds. The molecule has 0 bridgehead atoms. The van der Waals surface area contributed by atoms with Gasteiger partial charge in [0.2, 0.25) is 0 Å². The SMILES string of the molecule is Cc1cc(C(N)CC2CC2)sc1Br. The Labute approximate surface area is 91.5 Å². The molecule has 1 heterocycles. The summed E-state index contributed by atoms with van der Waals surface area (Å²) in [5, 5.41) is 0. The number of halogens is 1. The molecule has 2 N–H and O–H groups in total. The highest BCUT2D eigenvalue weighted by atomic mass is 79.9. The summed E-state index contributed by atoms with van der Waals surface area (Å²) in [5.74, 6) is 0.913. The molecule has 1 fully saturated rings. The maximum Gasteiger partial charge on any atom is 0.0731 e. The van der Waals surface area contributed by atoms with Crippen molar-refractivity contribution in [3.8, 4) is 0 Å². The molecule has 13 heavy (non-hydrogen) atoms. The molecule has 0 saturated heterocycles. The summed E-state index contributed by atoms with van der Waals surface area (Å²) in [7, 11) is 0. The highest BCUT2D eigenvalue weighted by Gasteiger charge is 2.25. The van der Waals surface area contributed by atoms with Gasteiger partial charge in [-0.25, -0.2) is 0 Å². The van der Waals surface area contributed by atoms with Crippen LogP contribution in [0.1, 0.15) is 35.7 Å². The zero-order chi connectivity index (χ0) is 9.42. The highest BCUT2D eigenvalue weighted by Crippen LogP contribution is 2.39. The second-order valence-electron chi connectivity index (χ2n) is 3.89. The van der Waals surface area contributed by atoms with Crippen LogP contribution >= 0.6 is 27.3 Å². The number of rotatable bonds is 3. The molecule has 1 aromatic rings. The van der Waals surface area contributed by atoms with Crippen molar-refractivity contribution >= 4 is 27.3 Å². The second kappa shape index (κ2) is 3.71. The fourth-order valence-corrected chi connectivity index (χ4v) is 3.08. The van der Waals surface area contributed by atoms with Crippen molar-refractivity contribution in [3.63, 3.8) is 0 Å². The van der Waals surface area contributed by atoms with Crippen LogP contribution in [0, 0.1) is 12.8 Å². The number of hydrogen-bond acceptors (Lipinski definition) is 2. The second-order valence-corrected chi connectivity index (χ2v) is 6.29. The molecular formula is C10H14BrNS. The van der Waals surface area contributed by atoms with Crippen molar-refractivity contribution in [2.24, 2.45) is 11.7 Å². The van der Waals surface area contributed by atoms with Gasteiger partial charge >= 0.3 is 0 Å². The average molecular weight is 260 g/mol. The molecule has 72 valence electrons. The van der Waals surface area contributed by atoms with Crippen molar-refractivity contribution < 1.29 is 0 Å². The minimum absolute atomic E-state index is 0.266. The van der Waals surface area contributed by atoms with Crippen molar-refractivity contribution in [3.05, 3.63) is 20.3 Å². The Bertz CT molecular complexity index is 284. The molecule has 0 aliphatic heterocycles. The smallest absolute Gasteiger partial charge is 0.0731 e. The van der Waals surface area contributed by atoms with Gasteiger partial charge in [-0.05, 0) is 46.8 Å². The summed E-state index contributed by atoms with van der Waals surface area (Å²) in [6.07, 6.45) is 3.95. The molecule has 1 aromatic heterocycles. The summed E-state index contributed by atoms with van der Waals surface area (Å²) in [5.41, 5.74) is 7.42. The molecule has 1 aliphatic carbocycles. The van der Waals surface area contributed by atoms with E-state index in [0.29, 0.717) is 0 Å². The molecule has 1 unspecified atom stereocenters. The average Bonchev–Trinajstić information content (AvgIpc) is 2.81. The largest absolute Gasteiger partial charge is 0.323 e. The Balaban J connectivity index is 2.05. The van der Waals surface area contributed by atoms with Crippen LogP contribution in [0.4, 0.5) is 0 Å². The van der Waals surface area contributed by atoms with Gasteiger partial charge in [0.1, 0.15) is 0 Å². The first-order valence-corrected chi connectivity index (χ1v) is 6.29. The van der Waals surface area contributed by atoms with E-state index in [1.54, 1.807) is 11.3 Å². The van der Waals surface area contributed by atoms with Gasteiger partial charge in [0.15, 0.2) is 0 Å². The summed E-state index contributed by atoms with van der Waals surface area (Å²) in [6, 6.07) is 2.48. The van der Waals surface area contributed by atoms with E-state index in [9.17, 15) is 0 Å². The van der Waals surface area contributed by atoms with Crippen molar-refractivity contribution in [2.75, 3.05) is 0 Å². The number of aryl methyl sites for hydroxylation is 1. The van der Waals surface area contributed by atoms with E-state index < -0.39 is 0 Å². The minimum atomic E-state index is 0.266. The molecule has 3 heteroatoms. The Kier molecular flexibility index (Phi) is 2.77. The van der Waals surface area contributed by atoms with Crippen molar-refractivity contribution in [1.29, 1.82) is 0 Å². The molecule has 1 atom stereocenters. The van der Waals surface area contributed by atoms with E-state index in [1.807, 2.05) is 0 Å². The van der Waals surface area contributed by atoms with Gasteiger partial charge in [-0.1, -0.05) is 12.8 Å². The van der Waals surface area contributed by atoms with E-state index in [2.05, 4.69) is 28.9 Å². The van der Waals surface area contributed by atoms with E-state index in [4.69, 9.17) is 5.73 Å². The normalized spacial score (nSPS) is 19.0. The lowest BCUT2D eigenvalue weighted by molar-refractivity contribution is 0.605. The van der Waals surface area contributed by atoms with Crippen LogP contribution in [0.5, 0.6) is 0 Å². The van der Waals surface area contributed by atoms with Gasteiger partial charge in [-0.15, -0.1) is 11.3 Å². The van der Waals surface area contributed by atoms with E-state index in [-0.39, 0.29) is 6.04 Å². The maximum absolute atomic E-state index is 6.11. The van der Waals surface area contributed by atoms with Gasteiger partial charge in [-0.2, -0.15) is 0 Å². The lowest BCUT2D eigenvalue weighted by atomic mass is 10.1. The molecule has 1 saturated carbocycles. The van der Waals surface area contributed by atoms with Gasteiger partial charge in [-0.3, -0.25) is 0 Å². The molecule has 0 aromatic carbocycles. The Morgan fingerprint density at radius 3 is 2.85 bits per heavy atom. The van der Waals surface area contributed by atoms with Crippen LogP contribution in [0.15, 0.2) is 9.85 Å². The highest BCUT2D eigenvalue weighted by molar-refractivity contribution is 9.11. The van der Waals surface area contributed by atoms with Gasteiger partial charge in [0.05, 0.1) is 3.79 Å². The van der Waals surface area contributed by atoms with Gasteiger partial charge < -0.3 is 5.73 Å². The first kappa shape index (κ1) is 9.69. The van der Waals surface area contributed by atoms with E-state index in [1.165, 1.54) is 33.5 Å². The van der Waals surface area contributed by atoms with Gasteiger partial charge in [0, 0.05) is 10.9 Å². The molecule has 2 rings (SSSR count). The minimum Gasteiger partial charge on any atom is -0.323 e. The lowest BCUT2D eigenvalue weighted by Crippen LogP contribution is -2.08. The standard InChI is InChI=1S/C10H14BrNS/c1-6-4-9(13-10(6)11)8(12)5-7-2-3-7/h4,7-8H,2-3,5,12H2,1H3. The number of hydrogen-bond donors (Lipinski definition) is 1. The molecule has 1 aliphatic rings. The van der Waals surface area contributed by atoms with Crippen LogP contribution in [0.3, 0.4) is 0 Å². The number of thiophene rings is 1. The van der Waals surface area contributed by atoms with Crippen LogP contribution in [-0.4, -0.2) is 0 Å². The zero-order valence-corrected chi connectivity index (χ0v) is 10.1. The summed E-state index contributed by atoms with van der Waals surface area (Å²) in [6.45, 7) is 2.12. The third kappa shape index (κ3) is 2.33. The lowest BCUT2D eigenvalue weighted by Gasteiger charge is -2.07. The number of nitrogens with two attached hydrogens (primary N) is 1. The van der Waals surface area contributed by atoms with Gasteiger partial charge in [0.25, 0.3) is 0 Å². The Hall–Kier alpha value is 0.140. The monoisotopic (exact) mass is 259 g/mol. The predicted octanol–water partition coefficient (Wildman–Crippen LogP) is 3.62. The summed E-state index contributed by atoms with van der Waals surface area (Å²) >= 11 is 5.31. The Morgan fingerprint density at radius 1 is 1.69 bits per heavy atom. The first-order valence-electron chi connectivity index (χ1n) is 4.68. The molecule has 1 nitrogen and oxygen atoms in total. The molecule has 0 spiro atoms. The zero-order valence-electron chi connectivity index (χ0n) is 7.72. The fraction of sp³-hybridized carbons (Fsp3) is 0.600.